The summed E-state index contributed by atoms with van der Waals surface area (Å²) in [6.07, 6.45) is 1.61. The van der Waals surface area contributed by atoms with E-state index >= 15 is 0 Å². The molecule has 1 rings (SSSR count). The Morgan fingerprint density at radius 1 is 0.680 bits per heavy atom. The summed E-state index contributed by atoms with van der Waals surface area (Å²) in [5.74, 6) is -0.215. The molecule has 0 N–H and O–H groups in total. The van der Waals surface area contributed by atoms with Crippen LogP contribution in [0, 0.1) is 5.82 Å². The molecule has 0 radical (unpaired) electrons. The maximum atomic E-state index is 12.3. The van der Waals surface area contributed by atoms with Crippen LogP contribution in [0.2, 0.25) is 0 Å². The largest absolute Gasteiger partial charge is 1.00 e. The smallest absolute Gasteiger partial charge is 0.418 e. The van der Waals surface area contributed by atoms with Gasteiger partial charge in [0.25, 0.3) is 0 Å². The Balaban J connectivity index is -0.000000122. The normalized spacial score (nSPS) is 10.4. The van der Waals surface area contributed by atoms with Crippen LogP contribution in [0.25, 0.3) is 6.08 Å². The summed E-state index contributed by atoms with van der Waals surface area (Å²) < 4.78 is 129. The molecule has 0 unspecified atom stereocenters. The monoisotopic (exact) mass is 422 g/mol. The predicted molar refractivity (Wildman–Crippen MR) is 67.0 cm³/mol. The average molecular weight is 422 g/mol. The molecule has 0 aliphatic heterocycles. The molecule has 0 aliphatic rings. The second-order valence-electron chi connectivity index (χ2n) is 3.24. The molecule has 17 heteroatoms. The van der Waals surface area contributed by atoms with Crippen molar-refractivity contribution in [1.29, 1.82) is 0 Å². The van der Waals surface area contributed by atoms with E-state index < -0.39 is 21.8 Å². The first-order valence-electron chi connectivity index (χ1n) is 5.33. The summed E-state index contributed by atoms with van der Waals surface area (Å²) in [6.45, 7) is 3.51. The molecular formula is C8H7B3F13K-2. The molecule has 0 spiro atoms. The molecule has 0 aliphatic carbocycles. The van der Waals surface area contributed by atoms with Crippen molar-refractivity contribution < 1.29 is 108 Å². The molecule has 0 atom stereocenters. The van der Waals surface area contributed by atoms with Gasteiger partial charge in [-0.15, -0.1) is 0 Å². The van der Waals surface area contributed by atoms with E-state index in [1.807, 2.05) is 0 Å². The van der Waals surface area contributed by atoms with Crippen molar-refractivity contribution in [3.8, 4) is 0 Å². The first-order valence-corrected chi connectivity index (χ1v) is 5.33. The van der Waals surface area contributed by atoms with E-state index in [1.165, 1.54) is 12.1 Å². The first-order chi connectivity index (χ1) is 10.3. The molecule has 0 aromatic heterocycles. The van der Waals surface area contributed by atoms with Gasteiger partial charge in [-0.1, -0.05) is 24.8 Å². The molecule has 142 valence electrons. The van der Waals surface area contributed by atoms with Crippen molar-refractivity contribution in [3.63, 3.8) is 0 Å². The van der Waals surface area contributed by atoms with Gasteiger partial charge in [-0.2, -0.15) is 0 Å². The minimum atomic E-state index is -6.00. The van der Waals surface area contributed by atoms with Crippen molar-refractivity contribution in [2.24, 2.45) is 0 Å². The summed E-state index contributed by atoms with van der Waals surface area (Å²) in [6, 6.07) is 6.31. The van der Waals surface area contributed by atoms with Gasteiger partial charge in [-0.05, 0) is 17.7 Å². The number of hydrogen-bond acceptors (Lipinski definition) is 0. The molecule has 0 saturated carbocycles. The Bertz CT molecular complexity index is 409. The third-order valence-corrected chi connectivity index (χ3v) is 1.08. The summed E-state index contributed by atoms with van der Waals surface area (Å²) in [5.41, 5.74) is 0.815. The standard InChI is InChI=1S/C8H7F.3BF4.K/c1-2-7-4-3-5-8(9)6-7;3*2-1(3,4)5;/h2-6H,1H2;;;;/q;3*-1;+1. The van der Waals surface area contributed by atoms with E-state index in [0.29, 0.717) is 0 Å². The van der Waals surface area contributed by atoms with Crippen LogP contribution < -0.4 is 51.4 Å². The van der Waals surface area contributed by atoms with Gasteiger partial charge >= 0.3 is 73.1 Å². The maximum absolute atomic E-state index is 12.3. The van der Waals surface area contributed by atoms with Gasteiger partial charge in [-0.3, -0.25) is 0 Å². The van der Waals surface area contributed by atoms with Crippen LogP contribution in [0.5, 0.6) is 0 Å². The number of benzene rings is 1. The maximum Gasteiger partial charge on any atom is 1.00 e. The van der Waals surface area contributed by atoms with Gasteiger partial charge in [0, 0.05) is 0 Å². The first kappa shape index (κ1) is 32.5. The van der Waals surface area contributed by atoms with Crippen LogP contribution in [0.4, 0.5) is 56.2 Å². The summed E-state index contributed by atoms with van der Waals surface area (Å²) in [4.78, 5) is 0. The van der Waals surface area contributed by atoms with Gasteiger partial charge in [0.15, 0.2) is 0 Å². The van der Waals surface area contributed by atoms with Gasteiger partial charge in [0.1, 0.15) is 5.82 Å². The van der Waals surface area contributed by atoms with Gasteiger partial charge in [0.2, 0.25) is 0 Å². The van der Waals surface area contributed by atoms with Gasteiger partial charge in [-0.25, -0.2) is 4.39 Å². The van der Waals surface area contributed by atoms with E-state index in [2.05, 4.69) is 6.58 Å². The van der Waals surface area contributed by atoms with Crippen molar-refractivity contribution in [2.45, 2.75) is 0 Å². The number of rotatable bonds is 1. The molecule has 1 aromatic carbocycles. The Labute approximate surface area is 176 Å². The number of hydrogen-bond donors (Lipinski definition) is 0. The van der Waals surface area contributed by atoms with Crippen LogP contribution >= 0.6 is 0 Å². The minimum Gasteiger partial charge on any atom is -0.418 e. The van der Waals surface area contributed by atoms with E-state index in [-0.39, 0.29) is 57.2 Å². The Morgan fingerprint density at radius 3 is 1.12 bits per heavy atom. The van der Waals surface area contributed by atoms with Crippen molar-refractivity contribution >= 4 is 27.8 Å². The van der Waals surface area contributed by atoms with Crippen LogP contribution in [-0.2, 0) is 0 Å². The number of halogens is 13. The third-order valence-electron chi connectivity index (χ3n) is 1.08. The van der Waals surface area contributed by atoms with Crippen molar-refractivity contribution in [3.05, 3.63) is 42.2 Å². The summed E-state index contributed by atoms with van der Waals surface area (Å²) in [5, 5.41) is 0. The second kappa shape index (κ2) is 15.0. The summed E-state index contributed by atoms with van der Waals surface area (Å²) >= 11 is 0. The molecule has 0 fully saturated rings. The fourth-order valence-corrected chi connectivity index (χ4v) is 0.634. The van der Waals surface area contributed by atoms with Crippen LogP contribution in [0.3, 0.4) is 0 Å². The zero-order valence-corrected chi connectivity index (χ0v) is 15.4. The quantitative estimate of drug-likeness (QED) is 0.482. The molecule has 0 amide bonds. The average Bonchev–Trinajstić information content (AvgIpc) is 2.21. The van der Waals surface area contributed by atoms with Gasteiger partial charge < -0.3 is 51.8 Å². The Morgan fingerprint density at radius 2 is 0.960 bits per heavy atom. The zero-order chi connectivity index (χ0) is 20.2. The van der Waals surface area contributed by atoms with Crippen molar-refractivity contribution in [2.75, 3.05) is 0 Å². The van der Waals surface area contributed by atoms with E-state index in [9.17, 15) is 56.2 Å². The summed E-state index contributed by atoms with van der Waals surface area (Å²) in [7, 11) is -18.0. The zero-order valence-electron chi connectivity index (χ0n) is 12.2. The SMILES string of the molecule is C=Cc1cccc(F)c1.F[B-](F)(F)F.F[B-](F)(F)F.F[B-](F)(F)F.[K+]. The van der Waals surface area contributed by atoms with Crippen LogP contribution in [-0.4, -0.2) is 21.8 Å². The molecule has 0 bridgehead atoms. The van der Waals surface area contributed by atoms with E-state index in [4.69, 9.17) is 0 Å². The molecule has 0 heterocycles. The topological polar surface area (TPSA) is 0 Å². The Hall–Kier alpha value is -0.119. The predicted octanol–water partition coefficient (Wildman–Crippen LogP) is 3.37. The van der Waals surface area contributed by atoms with Crippen molar-refractivity contribution in [1.82, 2.24) is 0 Å². The van der Waals surface area contributed by atoms with Crippen LogP contribution in [0.1, 0.15) is 5.56 Å². The molecule has 1 aromatic rings. The third kappa shape index (κ3) is 81.0. The second-order valence-corrected chi connectivity index (χ2v) is 3.24. The minimum absolute atomic E-state index is 0. The van der Waals surface area contributed by atoms with E-state index in [0.717, 1.165) is 5.56 Å². The molecule has 0 saturated heterocycles. The Kier molecular flexibility index (Phi) is 19.5. The van der Waals surface area contributed by atoms with Crippen LogP contribution in [0.15, 0.2) is 30.8 Å². The molecular weight excluding hydrogens is 415 g/mol. The molecule has 0 nitrogen and oxygen atoms in total. The molecule has 25 heavy (non-hydrogen) atoms. The fraction of sp³-hybridized carbons (Fsp3) is 0. The fourth-order valence-electron chi connectivity index (χ4n) is 0.634. The van der Waals surface area contributed by atoms with Gasteiger partial charge in [0.05, 0.1) is 0 Å². The van der Waals surface area contributed by atoms with E-state index in [1.54, 1.807) is 18.2 Å².